The van der Waals surface area contributed by atoms with Crippen molar-refractivity contribution in [2.24, 2.45) is 0 Å². The van der Waals surface area contributed by atoms with Crippen LogP contribution in [0.15, 0.2) is 15.2 Å². The fraction of sp³-hybridized carbons (Fsp3) is 0.400. The van der Waals surface area contributed by atoms with Gasteiger partial charge < -0.3 is 9.84 Å². The molecular weight excluding hydrogens is 184 g/mol. The summed E-state index contributed by atoms with van der Waals surface area (Å²) in [6.45, 7) is 0.721. The molecule has 0 saturated heterocycles. The Kier molecular flexibility index (Phi) is 2.24. The van der Waals surface area contributed by atoms with Crippen LogP contribution in [-0.2, 0) is 6.54 Å². The monoisotopic (exact) mass is 190 g/mol. The number of rotatable bonds is 2. The summed E-state index contributed by atoms with van der Waals surface area (Å²) in [5, 5.41) is 6.58. The van der Waals surface area contributed by atoms with Crippen molar-refractivity contribution < 1.29 is 4.52 Å². The number of nitrogens with one attached hydrogen (secondary N) is 1. The zero-order chi connectivity index (χ0) is 6.69. The van der Waals surface area contributed by atoms with Gasteiger partial charge in [0.2, 0.25) is 0 Å². The number of aromatic nitrogens is 1. The van der Waals surface area contributed by atoms with Gasteiger partial charge in [0.05, 0.1) is 6.54 Å². The maximum atomic E-state index is 4.85. The van der Waals surface area contributed by atoms with E-state index in [1.807, 2.05) is 13.1 Å². The Hall–Kier alpha value is -0.350. The first-order valence-electron chi connectivity index (χ1n) is 2.58. The van der Waals surface area contributed by atoms with E-state index in [1.165, 1.54) is 0 Å². The van der Waals surface area contributed by atoms with Crippen LogP contribution in [0, 0.1) is 0 Å². The maximum absolute atomic E-state index is 4.85. The molecule has 0 aliphatic carbocycles. The molecular formula is C5H7BrN2O. The van der Waals surface area contributed by atoms with Gasteiger partial charge in [0.1, 0.15) is 4.60 Å². The largest absolute Gasteiger partial charge is 0.359 e. The van der Waals surface area contributed by atoms with Crippen molar-refractivity contribution in [2.75, 3.05) is 7.05 Å². The third-order valence-corrected chi connectivity index (χ3v) is 1.25. The van der Waals surface area contributed by atoms with E-state index in [0.29, 0.717) is 0 Å². The lowest BCUT2D eigenvalue weighted by molar-refractivity contribution is 0.374. The van der Waals surface area contributed by atoms with Gasteiger partial charge in [-0.25, -0.2) is 0 Å². The summed E-state index contributed by atoms with van der Waals surface area (Å²) in [6.07, 6.45) is 0. The summed E-state index contributed by atoms with van der Waals surface area (Å²) in [4.78, 5) is 0. The summed E-state index contributed by atoms with van der Waals surface area (Å²) in [7, 11) is 1.86. The van der Waals surface area contributed by atoms with Crippen molar-refractivity contribution in [1.82, 2.24) is 10.5 Å². The van der Waals surface area contributed by atoms with Crippen LogP contribution in [0.3, 0.4) is 0 Å². The Morgan fingerprint density at radius 3 is 3.11 bits per heavy atom. The highest BCUT2D eigenvalue weighted by molar-refractivity contribution is 9.10. The van der Waals surface area contributed by atoms with Gasteiger partial charge in [-0.3, -0.25) is 0 Å². The van der Waals surface area contributed by atoms with Crippen molar-refractivity contribution in [3.05, 3.63) is 16.4 Å². The minimum atomic E-state index is 0.721. The third kappa shape index (κ3) is 1.80. The molecule has 0 saturated carbocycles. The molecule has 4 heteroatoms. The van der Waals surface area contributed by atoms with E-state index in [-0.39, 0.29) is 0 Å². The molecule has 0 spiro atoms. The Balaban J connectivity index is 2.61. The molecule has 1 aromatic rings. The van der Waals surface area contributed by atoms with Crippen molar-refractivity contribution in [3.63, 3.8) is 0 Å². The van der Waals surface area contributed by atoms with Crippen molar-refractivity contribution in [3.8, 4) is 0 Å². The normalized spacial score (nSPS) is 10.0. The number of halogens is 1. The zero-order valence-electron chi connectivity index (χ0n) is 5.02. The van der Waals surface area contributed by atoms with Gasteiger partial charge in [0, 0.05) is 6.07 Å². The number of nitrogens with zero attached hydrogens (tertiary/aromatic N) is 1. The van der Waals surface area contributed by atoms with E-state index in [1.54, 1.807) is 0 Å². The molecule has 0 aromatic carbocycles. The van der Waals surface area contributed by atoms with Gasteiger partial charge in [-0.2, -0.15) is 0 Å². The van der Waals surface area contributed by atoms with E-state index >= 15 is 0 Å². The molecule has 1 aromatic heterocycles. The molecule has 0 aliphatic heterocycles. The first kappa shape index (κ1) is 6.77. The van der Waals surface area contributed by atoms with Gasteiger partial charge in [0.25, 0.3) is 0 Å². The SMILES string of the molecule is CNCc1cc(Br)no1. The predicted octanol–water partition coefficient (Wildman–Crippen LogP) is 1.16. The minimum Gasteiger partial charge on any atom is -0.359 e. The molecule has 50 valence electrons. The van der Waals surface area contributed by atoms with Gasteiger partial charge in [-0.05, 0) is 23.0 Å². The van der Waals surface area contributed by atoms with Gasteiger partial charge >= 0.3 is 0 Å². The topological polar surface area (TPSA) is 38.1 Å². The molecule has 0 bridgehead atoms. The highest BCUT2D eigenvalue weighted by Crippen LogP contribution is 2.08. The van der Waals surface area contributed by atoms with Crippen molar-refractivity contribution in [2.45, 2.75) is 6.54 Å². The molecule has 0 radical (unpaired) electrons. The Bertz CT molecular complexity index is 187. The quantitative estimate of drug-likeness (QED) is 0.761. The predicted molar refractivity (Wildman–Crippen MR) is 37.0 cm³/mol. The molecule has 3 nitrogen and oxygen atoms in total. The fourth-order valence-corrected chi connectivity index (χ4v) is 0.873. The van der Waals surface area contributed by atoms with Gasteiger partial charge in [0.15, 0.2) is 5.76 Å². The molecule has 1 rings (SSSR count). The Morgan fingerprint density at radius 1 is 1.89 bits per heavy atom. The zero-order valence-corrected chi connectivity index (χ0v) is 6.60. The lowest BCUT2D eigenvalue weighted by Gasteiger charge is -1.87. The Labute approximate surface area is 61.5 Å². The average molecular weight is 191 g/mol. The lowest BCUT2D eigenvalue weighted by atomic mass is 10.5. The minimum absolute atomic E-state index is 0.721. The van der Waals surface area contributed by atoms with Crippen LogP contribution in [-0.4, -0.2) is 12.2 Å². The first-order chi connectivity index (χ1) is 4.33. The fourth-order valence-electron chi connectivity index (χ4n) is 0.545. The molecule has 0 unspecified atom stereocenters. The molecule has 1 heterocycles. The van der Waals surface area contributed by atoms with Crippen LogP contribution in [0.2, 0.25) is 0 Å². The maximum Gasteiger partial charge on any atom is 0.151 e. The van der Waals surface area contributed by atoms with E-state index in [9.17, 15) is 0 Å². The van der Waals surface area contributed by atoms with Crippen LogP contribution in [0.4, 0.5) is 0 Å². The smallest absolute Gasteiger partial charge is 0.151 e. The number of hydrogen-bond donors (Lipinski definition) is 1. The van der Waals surface area contributed by atoms with Crippen LogP contribution >= 0.6 is 15.9 Å². The summed E-state index contributed by atoms with van der Waals surface area (Å²) in [5.74, 6) is 0.837. The highest BCUT2D eigenvalue weighted by Gasteiger charge is 1.97. The second-order valence-corrected chi connectivity index (χ2v) is 2.46. The second kappa shape index (κ2) is 2.98. The van der Waals surface area contributed by atoms with Crippen LogP contribution in [0.25, 0.3) is 0 Å². The summed E-state index contributed by atoms with van der Waals surface area (Å²) >= 11 is 3.17. The molecule has 9 heavy (non-hydrogen) atoms. The molecule has 1 N–H and O–H groups in total. The number of hydrogen-bond acceptors (Lipinski definition) is 3. The molecule has 0 atom stereocenters. The highest BCUT2D eigenvalue weighted by atomic mass is 79.9. The Morgan fingerprint density at radius 2 is 2.67 bits per heavy atom. The molecule has 0 aliphatic rings. The van der Waals surface area contributed by atoms with Crippen LogP contribution in [0.5, 0.6) is 0 Å². The van der Waals surface area contributed by atoms with Gasteiger partial charge in [-0.1, -0.05) is 5.16 Å². The second-order valence-electron chi connectivity index (χ2n) is 1.65. The van der Waals surface area contributed by atoms with Crippen molar-refractivity contribution >= 4 is 15.9 Å². The standard InChI is InChI=1S/C5H7BrN2O/c1-7-3-4-2-5(6)8-9-4/h2,7H,3H2,1H3. The average Bonchev–Trinajstić information content (AvgIpc) is 2.17. The van der Waals surface area contributed by atoms with Gasteiger partial charge in [-0.15, -0.1) is 0 Å². The summed E-state index contributed by atoms with van der Waals surface area (Å²) in [5.41, 5.74) is 0. The van der Waals surface area contributed by atoms with E-state index < -0.39 is 0 Å². The third-order valence-electron chi connectivity index (χ3n) is 0.881. The van der Waals surface area contributed by atoms with Crippen LogP contribution < -0.4 is 5.32 Å². The van der Waals surface area contributed by atoms with Crippen molar-refractivity contribution in [1.29, 1.82) is 0 Å². The summed E-state index contributed by atoms with van der Waals surface area (Å²) in [6, 6.07) is 1.83. The molecule has 0 amide bonds. The molecule has 0 fully saturated rings. The van der Waals surface area contributed by atoms with E-state index in [2.05, 4.69) is 26.4 Å². The first-order valence-corrected chi connectivity index (χ1v) is 3.38. The van der Waals surface area contributed by atoms with E-state index in [0.717, 1.165) is 16.9 Å². The van der Waals surface area contributed by atoms with E-state index in [4.69, 9.17) is 4.52 Å². The van der Waals surface area contributed by atoms with Crippen LogP contribution in [0.1, 0.15) is 5.76 Å². The lowest BCUT2D eigenvalue weighted by Crippen LogP contribution is -2.03. The summed E-state index contributed by atoms with van der Waals surface area (Å²) < 4.78 is 5.59.